The van der Waals surface area contributed by atoms with Crippen molar-refractivity contribution in [1.29, 1.82) is 5.26 Å². The Morgan fingerprint density at radius 1 is 0.933 bits per heavy atom. The van der Waals surface area contributed by atoms with E-state index in [0.29, 0.717) is 11.5 Å². The van der Waals surface area contributed by atoms with Crippen molar-refractivity contribution < 1.29 is 22.7 Å². The summed E-state index contributed by atoms with van der Waals surface area (Å²) >= 11 is 0. The number of carbonyl (C=O) groups excluding carboxylic acids is 1. The van der Waals surface area contributed by atoms with Gasteiger partial charge in [0, 0.05) is 0 Å². The molecule has 0 saturated carbocycles. The molecule has 0 unspecified atom stereocenters. The van der Waals surface area contributed by atoms with E-state index < -0.39 is 23.2 Å². The number of benzene rings is 3. The van der Waals surface area contributed by atoms with Gasteiger partial charge in [-0.05, 0) is 42.0 Å². The first-order chi connectivity index (χ1) is 14.4. The van der Waals surface area contributed by atoms with Gasteiger partial charge in [0.05, 0.1) is 11.3 Å². The average Bonchev–Trinajstić information content (AvgIpc) is 2.73. The number of nitriles is 1. The maximum atomic E-state index is 13.2. The van der Waals surface area contributed by atoms with E-state index in [1.165, 1.54) is 18.2 Å². The molecule has 3 aromatic carbocycles. The van der Waals surface area contributed by atoms with Crippen LogP contribution in [0, 0.1) is 11.3 Å². The molecule has 0 fully saturated rings. The van der Waals surface area contributed by atoms with Crippen LogP contribution in [0.1, 0.15) is 11.1 Å². The highest BCUT2D eigenvalue weighted by Crippen LogP contribution is 2.33. The molecule has 0 aliphatic heterocycles. The molecule has 0 aromatic heterocycles. The zero-order valence-corrected chi connectivity index (χ0v) is 15.5. The molecule has 0 radical (unpaired) electrons. The lowest BCUT2D eigenvalue weighted by Gasteiger charge is -2.12. The van der Waals surface area contributed by atoms with Gasteiger partial charge < -0.3 is 10.1 Å². The molecule has 7 heteroatoms. The van der Waals surface area contributed by atoms with Crippen molar-refractivity contribution in [2.24, 2.45) is 0 Å². The van der Waals surface area contributed by atoms with Crippen molar-refractivity contribution in [3.63, 3.8) is 0 Å². The molecule has 4 nitrogen and oxygen atoms in total. The van der Waals surface area contributed by atoms with Gasteiger partial charge in [0.1, 0.15) is 17.4 Å². The number of anilines is 1. The first kappa shape index (κ1) is 20.7. The van der Waals surface area contributed by atoms with Crippen LogP contribution in [-0.2, 0) is 11.0 Å². The molecule has 3 aromatic rings. The van der Waals surface area contributed by atoms with E-state index in [9.17, 15) is 23.2 Å². The van der Waals surface area contributed by atoms with Crippen molar-refractivity contribution in [2.45, 2.75) is 6.18 Å². The number of nitrogens with zero attached hydrogens (tertiary/aromatic N) is 1. The number of hydrogen-bond donors (Lipinski definition) is 1. The average molecular weight is 408 g/mol. The van der Waals surface area contributed by atoms with Gasteiger partial charge in [-0.3, -0.25) is 4.79 Å². The molecule has 0 bridgehead atoms. The van der Waals surface area contributed by atoms with Crippen LogP contribution >= 0.6 is 0 Å². The summed E-state index contributed by atoms with van der Waals surface area (Å²) in [6.07, 6.45) is -3.70. The predicted molar refractivity (Wildman–Crippen MR) is 107 cm³/mol. The number of para-hydroxylation sites is 3. The van der Waals surface area contributed by atoms with Crippen molar-refractivity contribution in [3.05, 3.63) is 95.6 Å². The van der Waals surface area contributed by atoms with Crippen LogP contribution in [0.3, 0.4) is 0 Å². The normalized spacial score (nSPS) is 11.5. The first-order valence-electron chi connectivity index (χ1n) is 8.80. The van der Waals surface area contributed by atoms with Gasteiger partial charge in [-0.25, -0.2) is 0 Å². The van der Waals surface area contributed by atoms with Gasteiger partial charge in [-0.2, -0.15) is 18.4 Å². The first-order valence-corrected chi connectivity index (χ1v) is 8.80. The fraction of sp³-hybridized carbons (Fsp3) is 0.0435. The predicted octanol–water partition coefficient (Wildman–Crippen LogP) is 6.04. The molecule has 1 N–H and O–H groups in total. The number of carbonyl (C=O) groups is 1. The molecule has 0 saturated heterocycles. The van der Waals surface area contributed by atoms with E-state index in [4.69, 9.17) is 4.74 Å². The van der Waals surface area contributed by atoms with Crippen molar-refractivity contribution in [1.82, 2.24) is 0 Å². The summed E-state index contributed by atoms with van der Waals surface area (Å²) in [5.74, 6) is 0.0120. The maximum Gasteiger partial charge on any atom is 0.416 e. The monoisotopic (exact) mass is 408 g/mol. The highest BCUT2D eigenvalue weighted by atomic mass is 19.4. The lowest BCUT2D eigenvalue weighted by atomic mass is 10.0. The zero-order valence-electron chi connectivity index (χ0n) is 15.5. The second-order valence-electron chi connectivity index (χ2n) is 6.12. The smallest absolute Gasteiger partial charge is 0.416 e. The summed E-state index contributed by atoms with van der Waals surface area (Å²) in [5.41, 5.74) is -1.40. The molecule has 0 heterocycles. The molecule has 0 atom stereocenters. The Labute approximate surface area is 170 Å². The molecule has 0 aliphatic rings. The zero-order chi connectivity index (χ0) is 21.6. The summed E-state index contributed by atoms with van der Waals surface area (Å²) in [7, 11) is 0. The van der Waals surface area contributed by atoms with Gasteiger partial charge in [0.25, 0.3) is 5.91 Å². The summed E-state index contributed by atoms with van der Waals surface area (Å²) < 4.78 is 45.3. The standard InChI is InChI=1S/C23H15F3N2O2/c24-23(25,26)19-11-5-4-8-16(19)14-17(15-27)22(29)28-20-12-6-7-13-21(20)30-18-9-2-1-3-10-18/h1-14H,(H,28,29)/b17-14+. The molecule has 1 amide bonds. The molecule has 30 heavy (non-hydrogen) atoms. The molecule has 150 valence electrons. The molecule has 0 spiro atoms. The number of ether oxygens (including phenoxy) is 1. The Hall–Kier alpha value is -4.05. The van der Waals surface area contributed by atoms with E-state index >= 15 is 0 Å². The summed E-state index contributed by atoms with van der Waals surface area (Å²) in [6.45, 7) is 0. The Morgan fingerprint density at radius 3 is 2.27 bits per heavy atom. The van der Waals surface area contributed by atoms with E-state index in [1.54, 1.807) is 54.6 Å². The van der Waals surface area contributed by atoms with E-state index in [-0.39, 0.29) is 11.3 Å². The van der Waals surface area contributed by atoms with Crippen LogP contribution in [-0.4, -0.2) is 5.91 Å². The number of amides is 1. The van der Waals surface area contributed by atoms with Gasteiger partial charge in [0.2, 0.25) is 0 Å². The van der Waals surface area contributed by atoms with Gasteiger partial charge >= 0.3 is 6.18 Å². The van der Waals surface area contributed by atoms with Crippen LogP contribution in [0.15, 0.2) is 84.4 Å². The molecular formula is C23H15F3N2O2. The minimum atomic E-state index is -4.61. The lowest BCUT2D eigenvalue weighted by molar-refractivity contribution is -0.137. The summed E-state index contributed by atoms with van der Waals surface area (Å²) in [4.78, 5) is 12.6. The second-order valence-corrected chi connectivity index (χ2v) is 6.12. The Kier molecular flexibility index (Phi) is 6.18. The van der Waals surface area contributed by atoms with E-state index in [1.807, 2.05) is 6.07 Å². The Balaban J connectivity index is 1.88. The second kappa shape index (κ2) is 8.97. The Bertz CT molecular complexity index is 1120. The van der Waals surface area contributed by atoms with Crippen LogP contribution < -0.4 is 10.1 Å². The highest BCUT2D eigenvalue weighted by Gasteiger charge is 2.32. The third kappa shape index (κ3) is 5.06. The molecule has 0 aliphatic carbocycles. The summed E-state index contributed by atoms with van der Waals surface area (Å²) in [6, 6.07) is 21.8. The van der Waals surface area contributed by atoms with Crippen LogP contribution in [0.5, 0.6) is 11.5 Å². The SMILES string of the molecule is N#C/C(=C\c1ccccc1C(F)(F)F)C(=O)Nc1ccccc1Oc1ccccc1. The number of hydrogen-bond acceptors (Lipinski definition) is 3. The van der Waals surface area contributed by atoms with Crippen molar-refractivity contribution >= 4 is 17.7 Å². The fourth-order valence-electron chi connectivity index (χ4n) is 2.65. The molecular weight excluding hydrogens is 393 g/mol. The minimum absolute atomic E-state index is 0.273. The van der Waals surface area contributed by atoms with Crippen molar-refractivity contribution in [2.75, 3.05) is 5.32 Å². The number of halogens is 3. The van der Waals surface area contributed by atoms with Crippen LogP contribution in [0.2, 0.25) is 0 Å². The summed E-state index contributed by atoms with van der Waals surface area (Å²) in [5, 5.41) is 11.9. The minimum Gasteiger partial charge on any atom is -0.455 e. The number of alkyl halides is 3. The van der Waals surface area contributed by atoms with Crippen LogP contribution in [0.25, 0.3) is 6.08 Å². The number of rotatable bonds is 5. The van der Waals surface area contributed by atoms with Crippen LogP contribution in [0.4, 0.5) is 18.9 Å². The lowest BCUT2D eigenvalue weighted by Crippen LogP contribution is -2.14. The topological polar surface area (TPSA) is 62.1 Å². The van der Waals surface area contributed by atoms with E-state index in [2.05, 4.69) is 5.32 Å². The number of nitrogens with one attached hydrogen (secondary N) is 1. The Morgan fingerprint density at radius 2 is 1.57 bits per heavy atom. The molecule has 3 rings (SSSR count). The van der Waals surface area contributed by atoms with Crippen molar-refractivity contribution in [3.8, 4) is 17.6 Å². The maximum absolute atomic E-state index is 13.2. The quantitative estimate of drug-likeness (QED) is 0.413. The third-order valence-corrected chi connectivity index (χ3v) is 4.04. The highest BCUT2D eigenvalue weighted by molar-refractivity contribution is 6.10. The fourth-order valence-corrected chi connectivity index (χ4v) is 2.65. The van der Waals surface area contributed by atoms with Gasteiger partial charge in [0.15, 0.2) is 5.75 Å². The van der Waals surface area contributed by atoms with Gasteiger partial charge in [-0.15, -0.1) is 0 Å². The van der Waals surface area contributed by atoms with Gasteiger partial charge in [-0.1, -0.05) is 48.5 Å². The largest absolute Gasteiger partial charge is 0.455 e. The third-order valence-electron chi connectivity index (χ3n) is 4.04. The van der Waals surface area contributed by atoms with E-state index in [0.717, 1.165) is 12.1 Å².